The standard InChI is InChI=1S/C14H21N3O3/c1-10(20-2)3-8-14(18)16-12-6-4-11(5-7-12)9-13(15)17-19/h4-7,10,19H,3,8-9H2,1-2H3,(H2,15,17)(H,16,18). The minimum absolute atomic E-state index is 0.0434. The molecule has 0 aromatic heterocycles. The van der Waals surface area contributed by atoms with E-state index in [-0.39, 0.29) is 17.8 Å². The van der Waals surface area contributed by atoms with Crippen molar-refractivity contribution in [2.24, 2.45) is 10.9 Å². The summed E-state index contributed by atoms with van der Waals surface area (Å²) in [7, 11) is 1.63. The van der Waals surface area contributed by atoms with Crippen LogP contribution in [0.4, 0.5) is 5.69 Å². The van der Waals surface area contributed by atoms with Crippen LogP contribution < -0.4 is 11.1 Å². The van der Waals surface area contributed by atoms with Gasteiger partial charge in [-0.1, -0.05) is 17.3 Å². The Kier molecular flexibility index (Phi) is 6.52. The van der Waals surface area contributed by atoms with Gasteiger partial charge in [-0.2, -0.15) is 0 Å². The fourth-order valence-corrected chi connectivity index (χ4v) is 1.63. The number of amidine groups is 1. The largest absolute Gasteiger partial charge is 0.409 e. The molecular formula is C14H21N3O3. The molecule has 0 saturated carbocycles. The number of methoxy groups -OCH3 is 1. The number of hydrogen-bond acceptors (Lipinski definition) is 4. The van der Waals surface area contributed by atoms with Crippen molar-refractivity contribution in [2.45, 2.75) is 32.3 Å². The third-order valence-electron chi connectivity index (χ3n) is 2.93. The van der Waals surface area contributed by atoms with E-state index in [4.69, 9.17) is 15.7 Å². The van der Waals surface area contributed by atoms with E-state index in [0.717, 1.165) is 11.3 Å². The van der Waals surface area contributed by atoms with E-state index in [0.29, 0.717) is 19.3 Å². The van der Waals surface area contributed by atoms with Gasteiger partial charge in [-0.05, 0) is 31.0 Å². The van der Waals surface area contributed by atoms with Crippen molar-refractivity contribution in [2.75, 3.05) is 12.4 Å². The number of nitrogens with one attached hydrogen (secondary N) is 1. The summed E-state index contributed by atoms with van der Waals surface area (Å²) in [5, 5.41) is 14.2. The molecule has 0 bridgehead atoms. The number of rotatable bonds is 7. The summed E-state index contributed by atoms with van der Waals surface area (Å²) in [6, 6.07) is 7.23. The van der Waals surface area contributed by atoms with Gasteiger partial charge in [0.05, 0.1) is 6.10 Å². The Labute approximate surface area is 118 Å². The monoisotopic (exact) mass is 279 g/mol. The smallest absolute Gasteiger partial charge is 0.224 e. The second kappa shape index (κ2) is 8.16. The average molecular weight is 279 g/mol. The minimum Gasteiger partial charge on any atom is -0.409 e. The van der Waals surface area contributed by atoms with Crippen LogP contribution in [0.25, 0.3) is 0 Å². The van der Waals surface area contributed by atoms with Gasteiger partial charge in [0.1, 0.15) is 5.84 Å². The first-order valence-corrected chi connectivity index (χ1v) is 6.43. The second-order valence-electron chi connectivity index (χ2n) is 4.60. The number of oxime groups is 1. The Morgan fingerprint density at radius 1 is 1.45 bits per heavy atom. The predicted octanol–water partition coefficient (Wildman–Crippen LogP) is 1.73. The highest BCUT2D eigenvalue weighted by Gasteiger charge is 2.06. The number of anilines is 1. The fourth-order valence-electron chi connectivity index (χ4n) is 1.63. The quantitative estimate of drug-likeness (QED) is 0.306. The lowest BCUT2D eigenvalue weighted by molar-refractivity contribution is -0.116. The van der Waals surface area contributed by atoms with Crippen LogP contribution >= 0.6 is 0 Å². The zero-order chi connectivity index (χ0) is 15.0. The Balaban J connectivity index is 2.46. The maximum Gasteiger partial charge on any atom is 0.224 e. The van der Waals surface area contributed by atoms with Crippen molar-refractivity contribution in [1.82, 2.24) is 0 Å². The molecule has 4 N–H and O–H groups in total. The lowest BCUT2D eigenvalue weighted by Crippen LogP contribution is -2.16. The van der Waals surface area contributed by atoms with Gasteiger partial charge in [0.25, 0.3) is 0 Å². The zero-order valence-electron chi connectivity index (χ0n) is 11.8. The number of ether oxygens (including phenoxy) is 1. The van der Waals surface area contributed by atoms with E-state index >= 15 is 0 Å². The minimum atomic E-state index is -0.0434. The third kappa shape index (κ3) is 5.71. The van der Waals surface area contributed by atoms with Gasteiger partial charge in [0.15, 0.2) is 0 Å². The van der Waals surface area contributed by atoms with Gasteiger partial charge in [-0.3, -0.25) is 4.79 Å². The molecule has 0 heterocycles. The molecule has 0 spiro atoms. The van der Waals surface area contributed by atoms with E-state index in [1.165, 1.54) is 0 Å². The number of nitrogens with zero attached hydrogens (tertiary/aromatic N) is 1. The molecule has 0 fully saturated rings. The van der Waals surface area contributed by atoms with Crippen LogP contribution in [0.3, 0.4) is 0 Å². The normalized spacial score (nSPS) is 13.0. The van der Waals surface area contributed by atoms with Gasteiger partial charge in [0.2, 0.25) is 5.91 Å². The van der Waals surface area contributed by atoms with Crippen LogP contribution in [0.2, 0.25) is 0 Å². The fraction of sp³-hybridized carbons (Fsp3) is 0.429. The van der Waals surface area contributed by atoms with Crippen LogP contribution in [-0.2, 0) is 16.0 Å². The third-order valence-corrected chi connectivity index (χ3v) is 2.93. The first kappa shape index (κ1) is 16.0. The molecule has 1 unspecified atom stereocenters. The van der Waals surface area contributed by atoms with Crippen molar-refractivity contribution in [1.29, 1.82) is 0 Å². The maximum absolute atomic E-state index is 11.7. The van der Waals surface area contributed by atoms with Crippen LogP contribution in [0.15, 0.2) is 29.4 Å². The number of hydrogen-bond donors (Lipinski definition) is 3. The van der Waals surface area contributed by atoms with Gasteiger partial charge in [-0.25, -0.2) is 0 Å². The van der Waals surface area contributed by atoms with E-state index in [2.05, 4.69) is 10.5 Å². The second-order valence-corrected chi connectivity index (χ2v) is 4.60. The van der Waals surface area contributed by atoms with Crippen LogP contribution in [0, 0.1) is 0 Å². The maximum atomic E-state index is 11.7. The summed E-state index contributed by atoms with van der Waals surface area (Å²) < 4.78 is 5.09. The number of carbonyl (C=O) groups is 1. The zero-order valence-corrected chi connectivity index (χ0v) is 11.8. The summed E-state index contributed by atoms with van der Waals surface area (Å²) in [5.41, 5.74) is 7.06. The van der Waals surface area contributed by atoms with Gasteiger partial charge in [-0.15, -0.1) is 0 Å². The van der Waals surface area contributed by atoms with Crippen LogP contribution in [-0.4, -0.2) is 30.2 Å². The lowest BCUT2D eigenvalue weighted by Gasteiger charge is -2.09. The summed E-state index contributed by atoms with van der Waals surface area (Å²) >= 11 is 0. The molecule has 6 heteroatoms. The number of nitrogens with two attached hydrogens (primary N) is 1. The molecule has 1 aromatic rings. The molecule has 1 amide bonds. The summed E-state index contributed by atoms with van der Waals surface area (Å²) in [6.07, 6.45) is 1.55. The molecular weight excluding hydrogens is 258 g/mol. The first-order chi connectivity index (χ1) is 9.55. The summed E-state index contributed by atoms with van der Waals surface area (Å²) in [4.78, 5) is 11.7. The van der Waals surface area contributed by atoms with E-state index in [9.17, 15) is 4.79 Å². The molecule has 110 valence electrons. The van der Waals surface area contributed by atoms with Crippen molar-refractivity contribution in [3.8, 4) is 0 Å². The van der Waals surface area contributed by atoms with Crippen LogP contribution in [0.5, 0.6) is 0 Å². The van der Waals surface area contributed by atoms with Crippen molar-refractivity contribution in [3.05, 3.63) is 29.8 Å². The average Bonchev–Trinajstić information content (AvgIpc) is 2.46. The van der Waals surface area contributed by atoms with Crippen molar-refractivity contribution >= 4 is 17.4 Å². The molecule has 0 aliphatic rings. The number of benzene rings is 1. The Morgan fingerprint density at radius 2 is 2.10 bits per heavy atom. The lowest BCUT2D eigenvalue weighted by atomic mass is 10.1. The SMILES string of the molecule is COC(C)CCC(=O)Nc1ccc(C/C(N)=N/O)cc1. The summed E-state index contributed by atoms with van der Waals surface area (Å²) in [5.74, 6) is 0.105. The number of amides is 1. The predicted molar refractivity (Wildman–Crippen MR) is 77.9 cm³/mol. The molecule has 1 atom stereocenters. The molecule has 0 aliphatic carbocycles. The Bertz CT molecular complexity index is 457. The van der Waals surface area contributed by atoms with Crippen LogP contribution in [0.1, 0.15) is 25.3 Å². The van der Waals surface area contributed by atoms with E-state index in [1.807, 2.05) is 19.1 Å². The van der Waals surface area contributed by atoms with Gasteiger partial charge >= 0.3 is 0 Å². The van der Waals surface area contributed by atoms with Crippen molar-refractivity contribution < 1.29 is 14.7 Å². The Hall–Kier alpha value is -2.08. The highest BCUT2D eigenvalue weighted by atomic mass is 16.5. The molecule has 1 rings (SSSR count). The molecule has 1 aromatic carbocycles. The topological polar surface area (TPSA) is 96.9 Å². The highest BCUT2D eigenvalue weighted by molar-refractivity contribution is 5.90. The molecule has 6 nitrogen and oxygen atoms in total. The van der Waals surface area contributed by atoms with Gasteiger partial charge in [0, 0.05) is 25.6 Å². The molecule has 0 aliphatic heterocycles. The van der Waals surface area contributed by atoms with E-state index in [1.54, 1.807) is 19.2 Å². The first-order valence-electron chi connectivity index (χ1n) is 6.43. The molecule has 20 heavy (non-hydrogen) atoms. The van der Waals surface area contributed by atoms with E-state index < -0.39 is 0 Å². The molecule has 0 radical (unpaired) electrons. The Morgan fingerprint density at radius 3 is 2.65 bits per heavy atom. The highest BCUT2D eigenvalue weighted by Crippen LogP contribution is 2.11. The number of carbonyl (C=O) groups excluding carboxylic acids is 1. The van der Waals surface area contributed by atoms with Gasteiger partial charge < -0.3 is 21.0 Å². The van der Waals surface area contributed by atoms with Crippen molar-refractivity contribution in [3.63, 3.8) is 0 Å². The summed E-state index contributed by atoms with van der Waals surface area (Å²) in [6.45, 7) is 1.93. The molecule has 0 saturated heterocycles.